The van der Waals surface area contributed by atoms with Crippen molar-refractivity contribution in [2.75, 3.05) is 0 Å². The molecule has 0 amide bonds. The van der Waals surface area contributed by atoms with Crippen LogP contribution in [-0.2, 0) is 17.6 Å². The van der Waals surface area contributed by atoms with E-state index in [1.165, 1.54) is 11.1 Å². The van der Waals surface area contributed by atoms with E-state index in [-0.39, 0.29) is 6.42 Å². The van der Waals surface area contributed by atoms with Gasteiger partial charge in [-0.05, 0) is 42.4 Å². The highest BCUT2D eigenvalue weighted by Gasteiger charge is 2.10. The number of carbonyl (C=O) groups is 1. The molecule has 0 saturated carbocycles. The predicted molar refractivity (Wildman–Crippen MR) is 71.6 cm³/mol. The molecule has 1 unspecified atom stereocenters. The van der Waals surface area contributed by atoms with Crippen LogP contribution in [0.4, 0.5) is 0 Å². The third-order valence-corrected chi connectivity index (χ3v) is 3.25. The number of hydrogen-bond acceptors (Lipinski definition) is 2. The molecule has 1 rings (SSSR count). The summed E-state index contributed by atoms with van der Waals surface area (Å²) in [6.07, 6.45) is 2.52. The Labute approximate surface area is 108 Å². The van der Waals surface area contributed by atoms with Crippen LogP contribution in [-0.4, -0.2) is 16.2 Å². The minimum atomic E-state index is -0.808. The molecule has 2 N–H and O–H groups in total. The van der Waals surface area contributed by atoms with Gasteiger partial charge in [-0.25, -0.2) is 0 Å². The molecule has 100 valence electrons. The van der Waals surface area contributed by atoms with Gasteiger partial charge >= 0.3 is 5.97 Å². The lowest BCUT2D eigenvalue weighted by atomic mass is 9.96. The van der Waals surface area contributed by atoms with Gasteiger partial charge in [0.25, 0.3) is 0 Å². The van der Waals surface area contributed by atoms with E-state index in [1.54, 1.807) is 0 Å². The molecule has 0 aromatic heterocycles. The topological polar surface area (TPSA) is 57.5 Å². The normalized spacial score (nSPS) is 12.4. The molecule has 1 aromatic rings. The maximum atomic E-state index is 10.4. The maximum absolute atomic E-state index is 10.4. The van der Waals surface area contributed by atoms with Crippen molar-refractivity contribution in [2.45, 2.75) is 52.1 Å². The summed E-state index contributed by atoms with van der Waals surface area (Å²) in [6.45, 7) is 4.23. The number of rotatable bonds is 7. The van der Waals surface area contributed by atoms with Crippen molar-refractivity contribution in [1.29, 1.82) is 0 Å². The first-order valence-corrected chi connectivity index (χ1v) is 6.60. The molecule has 0 heterocycles. The van der Waals surface area contributed by atoms with E-state index < -0.39 is 12.1 Å². The minimum absolute atomic E-state index is 0.116. The van der Waals surface area contributed by atoms with Crippen molar-refractivity contribution < 1.29 is 15.0 Å². The second kappa shape index (κ2) is 7.17. The summed E-state index contributed by atoms with van der Waals surface area (Å²) >= 11 is 0. The summed E-state index contributed by atoms with van der Waals surface area (Å²) in [6, 6.07) is 6.06. The Morgan fingerprint density at radius 3 is 2.44 bits per heavy atom. The number of carboxylic acids is 1. The standard InChI is InChI=1S/C15H22O3/c1-3-11-8-9-13(10-12(11)4-2)14(16)6-5-7-15(17)18/h8-10,14,16H,3-7H2,1-2H3,(H,17,18). The number of aliphatic hydroxyl groups is 1. The smallest absolute Gasteiger partial charge is 0.303 e. The number of aryl methyl sites for hydroxylation is 2. The van der Waals surface area contributed by atoms with E-state index in [9.17, 15) is 9.90 Å². The van der Waals surface area contributed by atoms with Crippen LogP contribution in [0.1, 0.15) is 55.9 Å². The number of benzene rings is 1. The number of hydrogen-bond donors (Lipinski definition) is 2. The summed E-state index contributed by atoms with van der Waals surface area (Å²) in [5, 5.41) is 18.6. The van der Waals surface area contributed by atoms with Crippen LogP contribution in [0, 0.1) is 0 Å². The van der Waals surface area contributed by atoms with E-state index in [2.05, 4.69) is 19.9 Å². The Morgan fingerprint density at radius 2 is 1.89 bits per heavy atom. The van der Waals surface area contributed by atoms with E-state index in [1.807, 2.05) is 12.1 Å². The number of aliphatic carboxylic acids is 1. The summed E-state index contributed by atoms with van der Waals surface area (Å²) in [5.74, 6) is -0.808. The average Bonchev–Trinajstić information content (AvgIpc) is 2.37. The van der Waals surface area contributed by atoms with Crippen molar-refractivity contribution in [3.8, 4) is 0 Å². The van der Waals surface area contributed by atoms with Gasteiger partial charge in [0.15, 0.2) is 0 Å². The lowest BCUT2D eigenvalue weighted by Crippen LogP contribution is -2.02. The van der Waals surface area contributed by atoms with Gasteiger partial charge in [0, 0.05) is 6.42 Å². The summed E-state index contributed by atoms with van der Waals surface area (Å²) in [4.78, 5) is 10.4. The number of aliphatic hydroxyl groups excluding tert-OH is 1. The van der Waals surface area contributed by atoms with Crippen LogP contribution in [0.15, 0.2) is 18.2 Å². The molecule has 0 saturated heterocycles. The molecule has 0 fully saturated rings. The van der Waals surface area contributed by atoms with Crippen LogP contribution in [0.5, 0.6) is 0 Å². The van der Waals surface area contributed by atoms with Crippen molar-refractivity contribution in [1.82, 2.24) is 0 Å². The van der Waals surface area contributed by atoms with Gasteiger partial charge in [-0.3, -0.25) is 4.79 Å². The summed E-state index contributed by atoms with van der Waals surface area (Å²) in [5.41, 5.74) is 3.49. The van der Waals surface area contributed by atoms with Crippen LogP contribution < -0.4 is 0 Å². The van der Waals surface area contributed by atoms with Gasteiger partial charge in [0.05, 0.1) is 6.10 Å². The summed E-state index contributed by atoms with van der Waals surface area (Å²) in [7, 11) is 0. The first-order valence-electron chi connectivity index (χ1n) is 6.60. The maximum Gasteiger partial charge on any atom is 0.303 e. The summed E-state index contributed by atoms with van der Waals surface area (Å²) < 4.78 is 0. The predicted octanol–water partition coefficient (Wildman–Crippen LogP) is 3.10. The monoisotopic (exact) mass is 250 g/mol. The fourth-order valence-corrected chi connectivity index (χ4v) is 2.14. The zero-order valence-corrected chi connectivity index (χ0v) is 11.1. The highest BCUT2D eigenvalue weighted by molar-refractivity contribution is 5.66. The van der Waals surface area contributed by atoms with Crippen LogP contribution in [0.2, 0.25) is 0 Å². The van der Waals surface area contributed by atoms with Gasteiger partial charge in [0.2, 0.25) is 0 Å². The largest absolute Gasteiger partial charge is 0.481 e. The number of carboxylic acid groups (broad SMARTS) is 1. The lowest BCUT2D eigenvalue weighted by molar-refractivity contribution is -0.137. The SMILES string of the molecule is CCc1ccc(C(O)CCCC(=O)O)cc1CC. The highest BCUT2D eigenvalue weighted by atomic mass is 16.4. The van der Waals surface area contributed by atoms with Crippen molar-refractivity contribution in [3.05, 3.63) is 34.9 Å². The molecule has 0 radical (unpaired) electrons. The third kappa shape index (κ3) is 4.15. The van der Waals surface area contributed by atoms with Crippen LogP contribution in [0.25, 0.3) is 0 Å². The van der Waals surface area contributed by atoms with Gasteiger partial charge in [-0.1, -0.05) is 32.0 Å². The highest BCUT2D eigenvalue weighted by Crippen LogP contribution is 2.22. The van der Waals surface area contributed by atoms with Crippen molar-refractivity contribution in [3.63, 3.8) is 0 Å². The first kappa shape index (κ1) is 14.7. The first-order chi connectivity index (χ1) is 8.58. The fraction of sp³-hybridized carbons (Fsp3) is 0.533. The molecule has 1 aromatic carbocycles. The molecule has 0 spiro atoms. The van der Waals surface area contributed by atoms with Gasteiger partial charge in [0.1, 0.15) is 0 Å². The Hall–Kier alpha value is -1.35. The Bertz CT molecular complexity index is 399. The average molecular weight is 250 g/mol. The second-order valence-corrected chi connectivity index (χ2v) is 4.54. The molecule has 0 aliphatic heterocycles. The molecular formula is C15H22O3. The van der Waals surface area contributed by atoms with Crippen LogP contribution in [0.3, 0.4) is 0 Å². The Kier molecular flexibility index (Phi) is 5.86. The molecular weight excluding hydrogens is 228 g/mol. The molecule has 1 atom stereocenters. The van der Waals surface area contributed by atoms with Gasteiger partial charge < -0.3 is 10.2 Å². The molecule has 0 aliphatic rings. The quantitative estimate of drug-likeness (QED) is 0.781. The fourth-order valence-electron chi connectivity index (χ4n) is 2.14. The zero-order valence-electron chi connectivity index (χ0n) is 11.1. The Balaban J connectivity index is 2.67. The molecule has 0 aliphatic carbocycles. The van der Waals surface area contributed by atoms with Crippen molar-refractivity contribution >= 4 is 5.97 Å². The van der Waals surface area contributed by atoms with E-state index in [4.69, 9.17) is 5.11 Å². The van der Waals surface area contributed by atoms with Crippen LogP contribution >= 0.6 is 0 Å². The Morgan fingerprint density at radius 1 is 1.22 bits per heavy atom. The second-order valence-electron chi connectivity index (χ2n) is 4.54. The van der Waals surface area contributed by atoms with E-state index in [0.29, 0.717) is 12.8 Å². The van der Waals surface area contributed by atoms with E-state index in [0.717, 1.165) is 18.4 Å². The van der Waals surface area contributed by atoms with Gasteiger partial charge in [-0.15, -0.1) is 0 Å². The zero-order chi connectivity index (χ0) is 13.5. The molecule has 3 nitrogen and oxygen atoms in total. The van der Waals surface area contributed by atoms with Gasteiger partial charge in [-0.2, -0.15) is 0 Å². The molecule has 0 bridgehead atoms. The van der Waals surface area contributed by atoms with E-state index >= 15 is 0 Å². The lowest BCUT2D eigenvalue weighted by Gasteiger charge is -2.14. The third-order valence-electron chi connectivity index (χ3n) is 3.25. The molecule has 3 heteroatoms. The van der Waals surface area contributed by atoms with Crippen molar-refractivity contribution in [2.24, 2.45) is 0 Å². The minimum Gasteiger partial charge on any atom is -0.481 e. The molecule has 18 heavy (non-hydrogen) atoms.